The van der Waals surface area contributed by atoms with Gasteiger partial charge < -0.3 is 15.4 Å². The van der Waals surface area contributed by atoms with Gasteiger partial charge in [0.1, 0.15) is 5.75 Å². The second kappa shape index (κ2) is 7.79. The molecule has 0 radical (unpaired) electrons. The number of anilines is 2. The normalized spacial score (nSPS) is 10.8. The van der Waals surface area contributed by atoms with Crippen LogP contribution in [0.4, 0.5) is 16.2 Å². The number of carbonyl (C=O) groups excluding carboxylic acids is 1. The molecule has 30 heavy (non-hydrogen) atoms. The molecule has 1 heterocycles. The third-order valence-corrected chi connectivity index (χ3v) is 4.87. The number of hydrogen-bond donors (Lipinski definition) is 2. The lowest BCUT2D eigenvalue weighted by Crippen LogP contribution is -2.20. The number of hydrogen-bond acceptors (Lipinski definition) is 3. The SMILES string of the molecule is Cc1cccc(NC(=O)Nc2cc3c(cc2Oc2ccccc2)n(C)c(=O)n3C)c1. The number of aromatic nitrogens is 2. The van der Waals surface area contributed by atoms with Gasteiger partial charge in [0.05, 0.1) is 16.7 Å². The second-order valence-corrected chi connectivity index (χ2v) is 7.10. The van der Waals surface area contributed by atoms with Crippen LogP contribution in [0.15, 0.2) is 71.5 Å². The lowest BCUT2D eigenvalue weighted by molar-refractivity contribution is 0.262. The zero-order valence-electron chi connectivity index (χ0n) is 17.0. The zero-order chi connectivity index (χ0) is 21.3. The monoisotopic (exact) mass is 402 g/mol. The molecular weight excluding hydrogens is 380 g/mol. The molecule has 2 amide bonds. The Labute approximate surface area is 173 Å². The smallest absolute Gasteiger partial charge is 0.328 e. The minimum absolute atomic E-state index is 0.156. The first-order chi connectivity index (χ1) is 14.4. The highest BCUT2D eigenvalue weighted by Crippen LogP contribution is 2.33. The molecule has 0 saturated carbocycles. The zero-order valence-corrected chi connectivity index (χ0v) is 17.0. The average Bonchev–Trinajstić information content (AvgIpc) is 2.93. The number of benzene rings is 3. The summed E-state index contributed by atoms with van der Waals surface area (Å²) in [5.41, 5.74) is 3.43. The molecule has 0 aliphatic heterocycles. The molecule has 2 N–H and O–H groups in total. The fraction of sp³-hybridized carbons (Fsp3) is 0.130. The van der Waals surface area contributed by atoms with E-state index in [1.807, 2.05) is 61.5 Å². The molecule has 0 bridgehead atoms. The number of ether oxygens (including phenoxy) is 1. The maximum atomic E-state index is 12.6. The molecule has 3 aromatic carbocycles. The maximum Gasteiger partial charge on any atom is 0.328 e. The van der Waals surface area contributed by atoms with E-state index in [0.29, 0.717) is 33.9 Å². The molecule has 0 spiro atoms. The number of rotatable bonds is 4. The van der Waals surface area contributed by atoms with Gasteiger partial charge in [-0.1, -0.05) is 30.3 Å². The summed E-state index contributed by atoms with van der Waals surface area (Å²) < 4.78 is 9.10. The summed E-state index contributed by atoms with van der Waals surface area (Å²) in [4.78, 5) is 25.0. The van der Waals surface area contributed by atoms with Gasteiger partial charge in [-0.25, -0.2) is 9.59 Å². The van der Waals surface area contributed by atoms with E-state index in [4.69, 9.17) is 4.74 Å². The van der Waals surface area contributed by atoms with Gasteiger partial charge in [-0.2, -0.15) is 0 Å². The number of urea groups is 1. The fourth-order valence-corrected chi connectivity index (χ4v) is 3.33. The van der Waals surface area contributed by atoms with Gasteiger partial charge >= 0.3 is 11.7 Å². The molecule has 0 saturated heterocycles. The molecule has 0 unspecified atom stereocenters. The van der Waals surface area contributed by atoms with E-state index in [2.05, 4.69) is 10.6 Å². The van der Waals surface area contributed by atoms with Gasteiger partial charge in [0.2, 0.25) is 0 Å². The Kier molecular flexibility index (Phi) is 5.02. The van der Waals surface area contributed by atoms with Crippen LogP contribution in [-0.2, 0) is 14.1 Å². The van der Waals surface area contributed by atoms with Crippen molar-refractivity contribution in [2.24, 2.45) is 14.1 Å². The Balaban J connectivity index is 1.72. The summed E-state index contributed by atoms with van der Waals surface area (Å²) in [6, 6.07) is 19.9. The molecule has 0 atom stereocenters. The summed E-state index contributed by atoms with van der Waals surface area (Å²) in [6.45, 7) is 1.96. The third kappa shape index (κ3) is 3.77. The highest BCUT2D eigenvalue weighted by atomic mass is 16.5. The summed E-state index contributed by atoms with van der Waals surface area (Å²) in [7, 11) is 3.40. The van der Waals surface area contributed by atoms with Gasteiger partial charge in [0.15, 0.2) is 5.75 Å². The summed E-state index contributed by atoms with van der Waals surface area (Å²) in [5.74, 6) is 1.06. The van der Waals surface area contributed by atoms with Gasteiger partial charge in [-0.15, -0.1) is 0 Å². The van der Waals surface area contributed by atoms with E-state index in [0.717, 1.165) is 5.56 Å². The van der Waals surface area contributed by atoms with Crippen molar-refractivity contribution in [3.63, 3.8) is 0 Å². The van der Waals surface area contributed by atoms with E-state index >= 15 is 0 Å². The first-order valence-electron chi connectivity index (χ1n) is 9.49. The minimum atomic E-state index is -0.404. The summed E-state index contributed by atoms with van der Waals surface area (Å²) in [5, 5.41) is 5.67. The largest absolute Gasteiger partial charge is 0.455 e. The predicted molar refractivity (Wildman–Crippen MR) is 118 cm³/mol. The first-order valence-corrected chi connectivity index (χ1v) is 9.49. The third-order valence-electron chi connectivity index (χ3n) is 4.87. The van der Waals surface area contributed by atoms with E-state index in [9.17, 15) is 9.59 Å². The van der Waals surface area contributed by atoms with Crippen LogP contribution in [0.25, 0.3) is 11.0 Å². The second-order valence-electron chi connectivity index (χ2n) is 7.10. The van der Waals surface area contributed by atoms with Crippen LogP contribution in [0.2, 0.25) is 0 Å². The quantitative estimate of drug-likeness (QED) is 0.523. The molecule has 1 aromatic heterocycles. The van der Waals surface area contributed by atoms with Gasteiger partial charge in [0.25, 0.3) is 0 Å². The van der Waals surface area contributed by atoms with Gasteiger partial charge in [-0.3, -0.25) is 9.13 Å². The van der Waals surface area contributed by atoms with Crippen LogP contribution in [-0.4, -0.2) is 15.2 Å². The molecule has 0 aliphatic rings. The number of aryl methyl sites for hydroxylation is 3. The molecule has 4 aromatic rings. The van der Waals surface area contributed by atoms with Crippen LogP contribution < -0.4 is 21.1 Å². The average molecular weight is 402 g/mol. The number of imidazole rings is 1. The number of nitrogens with one attached hydrogen (secondary N) is 2. The predicted octanol–water partition coefficient (Wildman–Crippen LogP) is 4.62. The molecule has 7 nitrogen and oxygen atoms in total. The standard InChI is InChI=1S/C23H22N4O3/c1-15-8-7-9-16(12-15)24-22(28)25-18-13-19-20(27(3)23(29)26(19)2)14-21(18)30-17-10-5-4-6-11-17/h4-14H,1-3H3,(H2,24,25,28). The lowest BCUT2D eigenvalue weighted by atomic mass is 10.2. The molecule has 4 rings (SSSR count). The number of amides is 2. The topological polar surface area (TPSA) is 77.3 Å². The van der Waals surface area contributed by atoms with E-state index < -0.39 is 6.03 Å². The van der Waals surface area contributed by atoms with Gasteiger partial charge in [-0.05, 0) is 42.8 Å². The van der Waals surface area contributed by atoms with Crippen molar-refractivity contribution in [3.05, 3.63) is 82.8 Å². The Morgan fingerprint density at radius 1 is 0.867 bits per heavy atom. The van der Waals surface area contributed by atoms with Crippen molar-refractivity contribution in [3.8, 4) is 11.5 Å². The lowest BCUT2D eigenvalue weighted by Gasteiger charge is -2.14. The number of nitrogens with zero attached hydrogens (tertiary/aromatic N) is 2. The van der Waals surface area contributed by atoms with Crippen molar-refractivity contribution in [2.45, 2.75) is 6.92 Å². The van der Waals surface area contributed by atoms with Crippen molar-refractivity contribution >= 4 is 28.4 Å². The highest BCUT2D eigenvalue weighted by molar-refractivity contribution is 6.02. The van der Waals surface area contributed by atoms with Crippen LogP contribution in [0.1, 0.15) is 5.56 Å². The Morgan fingerprint density at radius 2 is 1.57 bits per heavy atom. The Hall–Kier alpha value is -4.00. The number of fused-ring (bicyclic) bond motifs is 1. The number of para-hydroxylation sites is 1. The molecule has 152 valence electrons. The molecule has 0 fully saturated rings. The Bertz CT molecular complexity index is 1290. The van der Waals surface area contributed by atoms with Crippen molar-refractivity contribution in [2.75, 3.05) is 10.6 Å². The van der Waals surface area contributed by atoms with Crippen LogP contribution in [0.3, 0.4) is 0 Å². The molecule has 0 aliphatic carbocycles. The minimum Gasteiger partial charge on any atom is -0.455 e. The van der Waals surface area contributed by atoms with Crippen molar-refractivity contribution < 1.29 is 9.53 Å². The van der Waals surface area contributed by atoms with E-state index in [-0.39, 0.29) is 5.69 Å². The van der Waals surface area contributed by atoms with Crippen LogP contribution in [0, 0.1) is 6.92 Å². The molecule has 7 heteroatoms. The van der Waals surface area contributed by atoms with Crippen LogP contribution >= 0.6 is 0 Å². The molecular formula is C23H22N4O3. The van der Waals surface area contributed by atoms with Crippen molar-refractivity contribution in [1.29, 1.82) is 0 Å². The van der Waals surface area contributed by atoms with E-state index in [1.54, 1.807) is 30.8 Å². The van der Waals surface area contributed by atoms with E-state index in [1.165, 1.54) is 4.57 Å². The van der Waals surface area contributed by atoms with Crippen molar-refractivity contribution in [1.82, 2.24) is 9.13 Å². The highest BCUT2D eigenvalue weighted by Gasteiger charge is 2.16. The summed E-state index contributed by atoms with van der Waals surface area (Å²) >= 11 is 0. The first kappa shape index (κ1) is 19.3. The summed E-state index contributed by atoms with van der Waals surface area (Å²) in [6.07, 6.45) is 0. The van der Waals surface area contributed by atoms with Gasteiger partial charge in [0, 0.05) is 25.8 Å². The number of carbonyl (C=O) groups is 1. The maximum absolute atomic E-state index is 12.6. The van der Waals surface area contributed by atoms with Crippen LogP contribution in [0.5, 0.6) is 11.5 Å². The fourth-order valence-electron chi connectivity index (χ4n) is 3.33. The Morgan fingerprint density at radius 3 is 2.27 bits per heavy atom.